The molecular formula is C14H21N3O2. The summed E-state index contributed by atoms with van der Waals surface area (Å²) < 4.78 is 0. The Bertz CT molecular complexity index is 462. The number of carbonyl (C=O) groups is 1. The summed E-state index contributed by atoms with van der Waals surface area (Å²) in [5, 5.41) is 12.8. The number of nitrogens with two attached hydrogens (primary N) is 1. The summed E-state index contributed by atoms with van der Waals surface area (Å²) in [7, 11) is 0. The maximum atomic E-state index is 12.2. The van der Waals surface area contributed by atoms with Crippen LogP contribution < -0.4 is 16.6 Å². The van der Waals surface area contributed by atoms with Crippen LogP contribution in [0.2, 0.25) is 0 Å². The number of carbonyl (C=O) groups excluding carboxylic acids is 1. The number of rotatable bonds is 3. The van der Waals surface area contributed by atoms with Gasteiger partial charge in [-0.05, 0) is 37.5 Å². The molecular weight excluding hydrogens is 242 g/mol. The van der Waals surface area contributed by atoms with Gasteiger partial charge in [0.2, 0.25) is 0 Å². The van der Waals surface area contributed by atoms with E-state index < -0.39 is 6.10 Å². The molecule has 0 aliphatic heterocycles. The van der Waals surface area contributed by atoms with Crippen LogP contribution in [0.1, 0.15) is 41.6 Å². The smallest absolute Gasteiger partial charge is 0.253 e. The number of benzene rings is 1. The van der Waals surface area contributed by atoms with Crippen LogP contribution in [0.25, 0.3) is 0 Å². The Morgan fingerprint density at radius 2 is 2.11 bits per heavy atom. The predicted molar refractivity (Wildman–Crippen MR) is 74.7 cm³/mol. The van der Waals surface area contributed by atoms with E-state index in [0.29, 0.717) is 11.3 Å². The molecule has 5 heteroatoms. The number of nitrogens with one attached hydrogen (secondary N) is 2. The Morgan fingerprint density at radius 3 is 2.79 bits per heavy atom. The monoisotopic (exact) mass is 263 g/mol. The Balaban J connectivity index is 2.11. The second-order valence-electron chi connectivity index (χ2n) is 5.13. The zero-order valence-corrected chi connectivity index (χ0v) is 11.1. The average molecular weight is 263 g/mol. The fraction of sp³-hybridized carbons (Fsp3) is 0.500. The zero-order chi connectivity index (χ0) is 13.8. The van der Waals surface area contributed by atoms with Gasteiger partial charge in [0.25, 0.3) is 5.91 Å². The number of aliphatic hydroxyl groups is 1. The molecule has 2 unspecified atom stereocenters. The van der Waals surface area contributed by atoms with Crippen LogP contribution in [0, 0.1) is 6.92 Å². The highest BCUT2D eigenvalue weighted by molar-refractivity contribution is 5.99. The molecule has 1 fully saturated rings. The summed E-state index contributed by atoms with van der Waals surface area (Å²) in [6.45, 7) is 1.94. The third-order valence-electron chi connectivity index (χ3n) is 3.62. The molecule has 0 spiro atoms. The van der Waals surface area contributed by atoms with Crippen LogP contribution in [-0.2, 0) is 0 Å². The number of aliphatic hydroxyl groups excluding tert-OH is 1. The minimum Gasteiger partial charge on any atom is -0.391 e. The van der Waals surface area contributed by atoms with Crippen molar-refractivity contribution >= 4 is 11.6 Å². The summed E-state index contributed by atoms with van der Waals surface area (Å²) in [5.74, 6) is 5.24. The number of hydrogen-bond acceptors (Lipinski definition) is 4. The van der Waals surface area contributed by atoms with Gasteiger partial charge in [-0.3, -0.25) is 10.6 Å². The second kappa shape index (κ2) is 6.04. The molecule has 2 rings (SSSR count). The zero-order valence-electron chi connectivity index (χ0n) is 11.1. The van der Waals surface area contributed by atoms with Crippen molar-refractivity contribution in [2.45, 2.75) is 44.8 Å². The molecule has 1 aromatic carbocycles. The molecule has 5 nitrogen and oxygen atoms in total. The van der Waals surface area contributed by atoms with Crippen molar-refractivity contribution in [1.29, 1.82) is 0 Å². The molecule has 2 atom stereocenters. The SMILES string of the molecule is Cc1ccc(C(=O)NC2CCCCC2O)c(NN)c1. The van der Waals surface area contributed by atoms with Gasteiger partial charge in [-0.25, -0.2) is 0 Å². The van der Waals surface area contributed by atoms with Gasteiger partial charge < -0.3 is 15.8 Å². The first-order chi connectivity index (χ1) is 9.11. The van der Waals surface area contributed by atoms with Crippen LogP contribution in [0.15, 0.2) is 18.2 Å². The van der Waals surface area contributed by atoms with Gasteiger partial charge >= 0.3 is 0 Å². The largest absolute Gasteiger partial charge is 0.391 e. The molecule has 1 aliphatic rings. The van der Waals surface area contributed by atoms with Gasteiger partial charge in [-0.2, -0.15) is 0 Å². The molecule has 1 aliphatic carbocycles. The van der Waals surface area contributed by atoms with E-state index in [9.17, 15) is 9.90 Å². The minimum atomic E-state index is -0.447. The molecule has 0 bridgehead atoms. The first-order valence-corrected chi connectivity index (χ1v) is 6.68. The quantitative estimate of drug-likeness (QED) is 0.489. The van der Waals surface area contributed by atoms with Crippen molar-refractivity contribution in [3.8, 4) is 0 Å². The topological polar surface area (TPSA) is 87.4 Å². The summed E-state index contributed by atoms with van der Waals surface area (Å²) in [6.07, 6.45) is 3.19. The number of hydrazine groups is 1. The van der Waals surface area contributed by atoms with E-state index in [1.54, 1.807) is 6.07 Å². The van der Waals surface area contributed by atoms with E-state index in [1.165, 1.54) is 0 Å². The number of anilines is 1. The first-order valence-electron chi connectivity index (χ1n) is 6.68. The standard InChI is InChI=1S/C14H21N3O2/c1-9-6-7-10(12(8-9)17-15)14(19)16-11-4-2-3-5-13(11)18/h6-8,11,13,17-18H,2-5,15H2,1H3,(H,16,19). The fourth-order valence-electron chi connectivity index (χ4n) is 2.50. The minimum absolute atomic E-state index is 0.159. The predicted octanol–water partition coefficient (Wildman–Crippen LogP) is 1.31. The molecule has 0 saturated heterocycles. The highest BCUT2D eigenvalue weighted by Crippen LogP contribution is 2.21. The van der Waals surface area contributed by atoms with Crippen molar-refractivity contribution in [2.75, 3.05) is 5.43 Å². The lowest BCUT2D eigenvalue weighted by atomic mass is 9.92. The Morgan fingerprint density at radius 1 is 1.37 bits per heavy atom. The lowest BCUT2D eigenvalue weighted by Gasteiger charge is -2.28. The highest BCUT2D eigenvalue weighted by atomic mass is 16.3. The van der Waals surface area contributed by atoms with Crippen LogP contribution >= 0.6 is 0 Å². The summed E-state index contributed by atoms with van der Waals surface area (Å²) in [4.78, 5) is 12.2. The van der Waals surface area contributed by atoms with Crippen molar-refractivity contribution in [2.24, 2.45) is 5.84 Å². The van der Waals surface area contributed by atoms with Gasteiger partial charge in [-0.1, -0.05) is 18.9 Å². The van der Waals surface area contributed by atoms with Gasteiger partial charge in [0.1, 0.15) is 0 Å². The third kappa shape index (κ3) is 3.24. The van der Waals surface area contributed by atoms with Gasteiger partial charge in [0, 0.05) is 0 Å². The Labute approximate surface area is 113 Å². The molecule has 0 aromatic heterocycles. The van der Waals surface area contributed by atoms with Crippen LogP contribution in [0.4, 0.5) is 5.69 Å². The molecule has 5 N–H and O–H groups in total. The maximum absolute atomic E-state index is 12.2. The van der Waals surface area contributed by atoms with Gasteiger partial charge in [-0.15, -0.1) is 0 Å². The molecule has 1 aromatic rings. The number of aryl methyl sites for hydroxylation is 1. The van der Waals surface area contributed by atoms with E-state index in [1.807, 2.05) is 19.1 Å². The fourth-order valence-corrected chi connectivity index (χ4v) is 2.50. The number of nitrogen functional groups attached to an aromatic ring is 1. The molecule has 0 heterocycles. The summed E-state index contributed by atoms with van der Waals surface area (Å²) in [6, 6.07) is 5.28. The molecule has 104 valence electrons. The van der Waals surface area contributed by atoms with Crippen LogP contribution in [-0.4, -0.2) is 23.2 Å². The van der Waals surface area contributed by atoms with Crippen molar-refractivity contribution < 1.29 is 9.90 Å². The van der Waals surface area contributed by atoms with Gasteiger partial charge in [0.15, 0.2) is 0 Å². The molecule has 19 heavy (non-hydrogen) atoms. The van der Waals surface area contributed by atoms with Gasteiger partial charge in [0.05, 0.1) is 23.4 Å². The van der Waals surface area contributed by atoms with Crippen molar-refractivity contribution in [1.82, 2.24) is 5.32 Å². The van der Waals surface area contributed by atoms with E-state index in [2.05, 4.69) is 10.7 Å². The Hall–Kier alpha value is -1.59. The molecule has 0 radical (unpaired) electrons. The maximum Gasteiger partial charge on any atom is 0.253 e. The lowest BCUT2D eigenvalue weighted by molar-refractivity contribution is 0.0718. The Kier molecular flexibility index (Phi) is 4.39. The molecule has 1 amide bonds. The number of amides is 1. The van der Waals surface area contributed by atoms with E-state index in [0.717, 1.165) is 31.2 Å². The first kappa shape index (κ1) is 13.8. The van der Waals surface area contributed by atoms with E-state index in [-0.39, 0.29) is 11.9 Å². The second-order valence-corrected chi connectivity index (χ2v) is 5.13. The van der Waals surface area contributed by atoms with Crippen molar-refractivity contribution in [3.05, 3.63) is 29.3 Å². The lowest BCUT2D eigenvalue weighted by Crippen LogP contribution is -2.45. The third-order valence-corrected chi connectivity index (χ3v) is 3.62. The van der Waals surface area contributed by atoms with Crippen molar-refractivity contribution in [3.63, 3.8) is 0 Å². The van der Waals surface area contributed by atoms with Crippen LogP contribution in [0.3, 0.4) is 0 Å². The normalized spacial score (nSPS) is 22.9. The molecule has 1 saturated carbocycles. The average Bonchev–Trinajstić information content (AvgIpc) is 2.41. The van der Waals surface area contributed by atoms with E-state index in [4.69, 9.17) is 5.84 Å². The number of hydrogen-bond donors (Lipinski definition) is 4. The summed E-state index contributed by atoms with van der Waals surface area (Å²) >= 11 is 0. The highest BCUT2D eigenvalue weighted by Gasteiger charge is 2.25. The summed E-state index contributed by atoms with van der Waals surface area (Å²) in [5.41, 5.74) is 4.68. The van der Waals surface area contributed by atoms with Crippen LogP contribution in [0.5, 0.6) is 0 Å². The van der Waals surface area contributed by atoms with E-state index >= 15 is 0 Å².